The number of nitrogens with one attached hydrogen (secondary N) is 1. The Morgan fingerprint density at radius 2 is 2.11 bits per heavy atom. The zero-order valence-electron chi connectivity index (χ0n) is 11.2. The maximum absolute atomic E-state index is 12.4. The maximum atomic E-state index is 12.4. The molecule has 0 amide bonds. The molecule has 1 atom stereocenters. The van der Waals surface area contributed by atoms with Crippen LogP contribution in [0.3, 0.4) is 0 Å². The van der Waals surface area contributed by atoms with Crippen LogP contribution in [0.4, 0.5) is 5.69 Å². The van der Waals surface area contributed by atoms with Crippen molar-refractivity contribution in [3.63, 3.8) is 0 Å². The van der Waals surface area contributed by atoms with Gasteiger partial charge >= 0.3 is 10.2 Å². The van der Waals surface area contributed by atoms with Gasteiger partial charge in [0, 0.05) is 17.1 Å². The Bertz CT molecular complexity index is 560. The Labute approximate surface area is 123 Å². The van der Waals surface area contributed by atoms with E-state index >= 15 is 0 Å². The summed E-state index contributed by atoms with van der Waals surface area (Å²) in [7, 11) is -3.47. The molecule has 0 saturated carbocycles. The monoisotopic (exact) mass is 346 g/mol. The molecule has 4 nitrogen and oxygen atoms in total. The molecule has 1 aromatic rings. The summed E-state index contributed by atoms with van der Waals surface area (Å²) in [6.45, 7) is 4.53. The highest BCUT2D eigenvalue weighted by atomic mass is 79.9. The average molecular weight is 347 g/mol. The van der Waals surface area contributed by atoms with E-state index in [-0.39, 0.29) is 6.04 Å². The van der Waals surface area contributed by atoms with Crippen molar-refractivity contribution >= 4 is 31.8 Å². The third-order valence-electron chi connectivity index (χ3n) is 3.41. The van der Waals surface area contributed by atoms with Crippen LogP contribution < -0.4 is 4.72 Å². The van der Waals surface area contributed by atoms with Crippen LogP contribution in [-0.4, -0.2) is 25.3 Å². The van der Waals surface area contributed by atoms with Gasteiger partial charge in [0.2, 0.25) is 0 Å². The van der Waals surface area contributed by atoms with Crippen LogP contribution in [0.2, 0.25) is 0 Å². The van der Waals surface area contributed by atoms with Crippen molar-refractivity contribution < 1.29 is 8.42 Å². The lowest BCUT2D eigenvalue weighted by molar-refractivity contribution is 0.270. The topological polar surface area (TPSA) is 49.4 Å². The van der Waals surface area contributed by atoms with Crippen molar-refractivity contribution in [1.82, 2.24) is 4.31 Å². The molecule has 0 spiro atoms. The number of piperidine rings is 1. The number of rotatable bonds is 3. The van der Waals surface area contributed by atoms with E-state index in [2.05, 4.69) is 20.7 Å². The molecule has 1 saturated heterocycles. The predicted octanol–water partition coefficient (Wildman–Crippen LogP) is 3.29. The lowest BCUT2D eigenvalue weighted by atomic mass is 10.1. The first-order chi connectivity index (χ1) is 8.90. The molecule has 1 N–H and O–H groups in total. The van der Waals surface area contributed by atoms with Crippen molar-refractivity contribution in [3.05, 3.63) is 28.2 Å². The summed E-state index contributed by atoms with van der Waals surface area (Å²) in [4.78, 5) is 0. The number of hydrogen-bond acceptors (Lipinski definition) is 2. The van der Waals surface area contributed by atoms with Gasteiger partial charge in [0.25, 0.3) is 0 Å². The third kappa shape index (κ3) is 3.49. The zero-order chi connectivity index (χ0) is 14.0. The summed E-state index contributed by atoms with van der Waals surface area (Å²) in [6.07, 6.45) is 2.96. The third-order valence-corrected chi connectivity index (χ3v) is 5.71. The number of nitrogens with zero attached hydrogens (tertiary/aromatic N) is 1. The molecule has 1 aliphatic heterocycles. The van der Waals surface area contributed by atoms with E-state index in [1.807, 2.05) is 26.0 Å². The summed E-state index contributed by atoms with van der Waals surface area (Å²) >= 11 is 3.39. The lowest BCUT2D eigenvalue weighted by Gasteiger charge is -2.32. The van der Waals surface area contributed by atoms with Crippen molar-refractivity contribution in [3.8, 4) is 0 Å². The van der Waals surface area contributed by atoms with E-state index in [1.54, 1.807) is 10.4 Å². The van der Waals surface area contributed by atoms with Crippen molar-refractivity contribution in [2.24, 2.45) is 0 Å². The molecule has 0 aliphatic carbocycles. The molecular formula is C13H19BrN2O2S. The van der Waals surface area contributed by atoms with Crippen LogP contribution in [0.5, 0.6) is 0 Å². The quantitative estimate of drug-likeness (QED) is 0.912. The first kappa shape index (κ1) is 14.8. The summed E-state index contributed by atoms with van der Waals surface area (Å²) in [5, 5.41) is 0. The van der Waals surface area contributed by atoms with Crippen LogP contribution in [-0.2, 0) is 10.2 Å². The molecule has 6 heteroatoms. The molecule has 2 rings (SSSR count). The van der Waals surface area contributed by atoms with Crippen LogP contribution in [0.25, 0.3) is 0 Å². The number of halogens is 1. The van der Waals surface area contributed by atoms with E-state index in [9.17, 15) is 8.42 Å². The van der Waals surface area contributed by atoms with Crippen LogP contribution in [0.1, 0.15) is 31.7 Å². The van der Waals surface area contributed by atoms with E-state index in [4.69, 9.17) is 0 Å². The van der Waals surface area contributed by atoms with E-state index in [0.717, 1.165) is 29.3 Å². The van der Waals surface area contributed by atoms with Gasteiger partial charge in [-0.15, -0.1) is 0 Å². The van der Waals surface area contributed by atoms with Crippen molar-refractivity contribution in [1.29, 1.82) is 0 Å². The Balaban J connectivity index is 2.20. The van der Waals surface area contributed by atoms with Gasteiger partial charge in [0.15, 0.2) is 0 Å². The van der Waals surface area contributed by atoms with Gasteiger partial charge in [-0.2, -0.15) is 12.7 Å². The zero-order valence-corrected chi connectivity index (χ0v) is 13.6. The summed E-state index contributed by atoms with van der Waals surface area (Å²) in [6, 6.07) is 5.64. The average Bonchev–Trinajstić information content (AvgIpc) is 2.33. The summed E-state index contributed by atoms with van der Waals surface area (Å²) in [5.41, 5.74) is 1.67. The SMILES string of the molecule is Cc1ccc(NS(=O)(=O)N2CCCCC2C)c(Br)c1. The highest BCUT2D eigenvalue weighted by Crippen LogP contribution is 2.27. The standard InChI is InChI=1S/C13H19BrN2O2S/c1-10-6-7-13(12(14)9-10)15-19(17,18)16-8-4-3-5-11(16)2/h6-7,9,11,15H,3-5,8H2,1-2H3. The predicted molar refractivity (Wildman–Crippen MR) is 81.4 cm³/mol. The van der Waals surface area contributed by atoms with Gasteiger partial charge in [-0.1, -0.05) is 12.5 Å². The van der Waals surface area contributed by atoms with Crippen molar-refractivity contribution in [2.75, 3.05) is 11.3 Å². The number of aryl methyl sites for hydroxylation is 1. The van der Waals surface area contributed by atoms with Gasteiger partial charge in [-0.25, -0.2) is 0 Å². The largest absolute Gasteiger partial charge is 0.301 e. The Kier molecular flexibility index (Phi) is 4.53. The van der Waals surface area contributed by atoms with Gasteiger partial charge in [-0.05, 0) is 60.3 Å². The van der Waals surface area contributed by atoms with Crippen LogP contribution in [0.15, 0.2) is 22.7 Å². The van der Waals surface area contributed by atoms with Gasteiger partial charge < -0.3 is 0 Å². The van der Waals surface area contributed by atoms with Crippen LogP contribution >= 0.6 is 15.9 Å². The Hall–Kier alpha value is -0.590. The molecule has 19 heavy (non-hydrogen) atoms. The van der Waals surface area contributed by atoms with Gasteiger partial charge in [0.05, 0.1) is 5.69 Å². The second-order valence-corrected chi connectivity index (χ2v) is 7.52. The summed E-state index contributed by atoms with van der Waals surface area (Å²) in [5.74, 6) is 0. The normalized spacial score (nSPS) is 21.3. The second-order valence-electron chi connectivity index (χ2n) is 5.05. The molecule has 0 radical (unpaired) electrons. The Morgan fingerprint density at radius 1 is 1.37 bits per heavy atom. The molecule has 106 valence electrons. The first-order valence-electron chi connectivity index (χ1n) is 6.46. The minimum Gasteiger partial charge on any atom is -0.270 e. The van der Waals surface area contributed by atoms with E-state index < -0.39 is 10.2 Å². The fourth-order valence-corrected chi connectivity index (χ4v) is 4.57. The fourth-order valence-electron chi connectivity index (χ4n) is 2.33. The van der Waals surface area contributed by atoms with E-state index in [1.165, 1.54) is 0 Å². The number of hydrogen-bond donors (Lipinski definition) is 1. The number of anilines is 1. The van der Waals surface area contributed by atoms with E-state index in [0.29, 0.717) is 12.2 Å². The van der Waals surface area contributed by atoms with Gasteiger partial charge in [0.1, 0.15) is 0 Å². The molecule has 1 fully saturated rings. The summed E-state index contributed by atoms with van der Waals surface area (Å²) < 4.78 is 29.8. The van der Waals surface area contributed by atoms with Gasteiger partial charge in [-0.3, -0.25) is 4.72 Å². The van der Waals surface area contributed by atoms with Crippen molar-refractivity contribution in [2.45, 2.75) is 39.2 Å². The fraction of sp³-hybridized carbons (Fsp3) is 0.538. The smallest absolute Gasteiger partial charge is 0.270 e. The molecule has 1 aromatic carbocycles. The Morgan fingerprint density at radius 3 is 2.74 bits per heavy atom. The minimum absolute atomic E-state index is 0.0653. The highest BCUT2D eigenvalue weighted by molar-refractivity contribution is 9.10. The molecule has 1 heterocycles. The number of benzene rings is 1. The minimum atomic E-state index is -3.47. The molecule has 0 aromatic heterocycles. The molecule has 1 unspecified atom stereocenters. The molecular weight excluding hydrogens is 328 g/mol. The first-order valence-corrected chi connectivity index (χ1v) is 8.69. The van der Waals surface area contributed by atoms with Crippen LogP contribution in [0, 0.1) is 6.92 Å². The molecule has 0 bridgehead atoms. The maximum Gasteiger partial charge on any atom is 0.301 e. The lowest BCUT2D eigenvalue weighted by Crippen LogP contribution is -2.44. The highest BCUT2D eigenvalue weighted by Gasteiger charge is 2.29. The second kappa shape index (κ2) is 5.81. The molecule has 1 aliphatic rings.